The van der Waals surface area contributed by atoms with Crippen molar-refractivity contribution in [3.05, 3.63) is 35.4 Å². The van der Waals surface area contributed by atoms with Crippen LogP contribution >= 0.6 is 0 Å². The maximum absolute atomic E-state index is 5.47. The lowest BCUT2D eigenvalue weighted by atomic mass is 10.1. The molecule has 2 nitrogen and oxygen atoms in total. The predicted octanol–water partition coefficient (Wildman–Crippen LogP) is 2.83. The first-order valence-corrected chi connectivity index (χ1v) is 6.82. The molecule has 1 aromatic carbocycles. The van der Waals surface area contributed by atoms with Gasteiger partial charge in [0.2, 0.25) is 0 Å². The van der Waals surface area contributed by atoms with E-state index in [1.165, 1.54) is 36.8 Å². The molecule has 2 fully saturated rings. The highest BCUT2D eigenvalue weighted by molar-refractivity contribution is 5.27. The summed E-state index contributed by atoms with van der Waals surface area (Å²) in [7, 11) is 0. The molecule has 1 saturated heterocycles. The number of benzene rings is 1. The molecule has 0 amide bonds. The maximum Gasteiger partial charge on any atom is 0.0619 e. The highest BCUT2D eigenvalue weighted by Gasteiger charge is 2.22. The molecule has 1 aromatic rings. The molecule has 1 saturated carbocycles. The molecule has 92 valence electrons. The minimum atomic E-state index is 0.548. The van der Waals surface area contributed by atoms with Crippen molar-refractivity contribution in [3.63, 3.8) is 0 Å². The van der Waals surface area contributed by atoms with Gasteiger partial charge in [0.25, 0.3) is 0 Å². The van der Waals surface area contributed by atoms with Gasteiger partial charge in [-0.3, -0.25) is 0 Å². The van der Waals surface area contributed by atoms with E-state index in [1.54, 1.807) is 0 Å². The van der Waals surface area contributed by atoms with Gasteiger partial charge >= 0.3 is 0 Å². The zero-order chi connectivity index (χ0) is 11.5. The third-order valence-corrected chi connectivity index (χ3v) is 3.78. The second-order valence-corrected chi connectivity index (χ2v) is 5.31. The Morgan fingerprint density at radius 3 is 2.59 bits per heavy atom. The number of hydrogen-bond donors (Lipinski definition) is 1. The van der Waals surface area contributed by atoms with Gasteiger partial charge in [-0.05, 0) is 42.7 Å². The molecule has 1 aliphatic heterocycles. The van der Waals surface area contributed by atoms with Crippen molar-refractivity contribution < 1.29 is 4.74 Å². The molecule has 0 bridgehead atoms. The van der Waals surface area contributed by atoms with Crippen molar-refractivity contribution in [2.24, 2.45) is 0 Å². The van der Waals surface area contributed by atoms with Gasteiger partial charge in [-0.2, -0.15) is 0 Å². The minimum Gasteiger partial charge on any atom is -0.380 e. The van der Waals surface area contributed by atoms with E-state index in [1.807, 2.05) is 0 Å². The van der Waals surface area contributed by atoms with Crippen LogP contribution in [-0.2, 0) is 11.3 Å². The first kappa shape index (κ1) is 11.2. The van der Waals surface area contributed by atoms with E-state index in [0.717, 1.165) is 25.7 Å². The molecule has 1 aliphatic carbocycles. The molecular weight excluding hydrogens is 210 g/mol. The summed E-state index contributed by atoms with van der Waals surface area (Å²) in [5.41, 5.74) is 2.91. The minimum absolute atomic E-state index is 0.548. The van der Waals surface area contributed by atoms with E-state index in [0.29, 0.717) is 6.04 Å². The number of rotatable bonds is 4. The fourth-order valence-electron chi connectivity index (χ4n) is 2.49. The number of nitrogens with one attached hydrogen (secondary N) is 1. The molecule has 0 radical (unpaired) electrons. The Balaban J connectivity index is 1.50. The topological polar surface area (TPSA) is 21.3 Å². The SMILES string of the molecule is c1cc(C2CC2)ccc1CNC1CCCOC1. The Kier molecular flexibility index (Phi) is 3.44. The fraction of sp³-hybridized carbons (Fsp3) is 0.600. The molecule has 1 atom stereocenters. The van der Waals surface area contributed by atoms with Crippen LogP contribution in [0.3, 0.4) is 0 Å². The summed E-state index contributed by atoms with van der Waals surface area (Å²) >= 11 is 0. The normalized spacial score (nSPS) is 24.8. The van der Waals surface area contributed by atoms with Crippen molar-refractivity contribution in [2.75, 3.05) is 13.2 Å². The van der Waals surface area contributed by atoms with Crippen LogP contribution in [-0.4, -0.2) is 19.3 Å². The van der Waals surface area contributed by atoms with Crippen LogP contribution < -0.4 is 5.32 Å². The summed E-state index contributed by atoms with van der Waals surface area (Å²) in [6, 6.07) is 9.68. The highest BCUT2D eigenvalue weighted by Crippen LogP contribution is 2.39. The van der Waals surface area contributed by atoms with Crippen molar-refractivity contribution in [3.8, 4) is 0 Å². The Bertz CT molecular complexity index is 350. The largest absolute Gasteiger partial charge is 0.380 e. The smallest absolute Gasteiger partial charge is 0.0619 e. The first-order chi connectivity index (χ1) is 8.42. The highest BCUT2D eigenvalue weighted by atomic mass is 16.5. The van der Waals surface area contributed by atoms with Crippen molar-refractivity contribution >= 4 is 0 Å². The van der Waals surface area contributed by atoms with Gasteiger partial charge in [-0.1, -0.05) is 24.3 Å². The van der Waals surface area contributed by atoms with Crippen LogP contribution in [0.25, 0.3) is 0 Å². The van der Waals surface area contributed by atoms with E-state index in [4.69, 9.17) is 4.74 Å². The fourth-order valence-corrected chi connectivity index (χ4v) is 2.49. The van der Waals surface area contributed by atoms with Gasteiger partial charge in [-0.25, -0.2) is 0 Å². The van der Waals surface area contributed by atoms with Crippen LogP contribution in [0.4, 0.5) is 0 Å². The van der Waals surface area contributed by atoms with Crippen molar-refractivity contribution in [2.45, 2.75) is 44.2 Å². The molecule has 2 heteroatoms. The van der Waals surface area contributed by atoms with Gasteiger partial charge < -0.3 is 10.1 Å². The van der Waals surface area contributed by atoms with Crippen molar-refractivity contribution in [1.29, 1.82) is 0 Å². The van der Waals surface area contributed by atoms with Crippen LogP contribution in [0.15, 0.2) is 24.3 Å². The number of hydrogen-bond acceptors (Lipinski definition) is 2. The zero-order valence-electron chi connectivity index (χ0n) is 10.3. The third-order valence-electron chi connectivity index (χ3n) is 3.78. The summed E-state index contributed by atoms with van der Waals surface area (Å²) in [4.78, 5) is 0. The monoisotopic (exact) mass is 231 g/mol. The molecule has 1 unspecified atom stereocenters. The first-order valence-electron chi connectivity index (χ1n) is 6.82. The number of ether oxygens (including phenoxy) is 1. The Labute approximate surface area is 103 Å². The van der Waals surface area contributed by atoms with E-state index < -0.39 is 0 Å². The zero-order valence-corrected chi connectivity index (χ0v) is 10.3. The van der Waals surface area contributed by atoms with E-state index in [2.05, 4.69) is 29.6 Å². The second-order valence-electron chi connectivity index (χ2n) is 5.31. The molecular formula is C15H21NO. The predicted molar refractivity (Wildman–Crippen MR) is 69.1 cm³/mol. The quantitative estimate of drug-likeness (QED) is 0.860. The van der Waals surface area contributed by atoms with Gasteiger partial charge in [0.15, 0.2) is 0 Å². The lowest BCUT2D eigenvalue weighted by Gasteiger charge is -2.23. The average Bonchev–Trinajstić information content (AvgIpc) is 3.23. The van der Waals surface area contributed by atoms with E-state index in [-0.39, 0.29) is 0 Å². The van der Waals surface area contributed by atoms with Gasteiger partial charge in [-0.15, -0.1) is 0 Å². The average molecular weight is 231 g/mol. The van der Waals surface area contributed by atoms with Gasteiger partial charge in [0.1, 0.15) is 0 Å². The Hall–Kier alpha value is -0.860. The summed E-state index contributed by atoms with van der Waals surface area (Å²) < 4.78 is 5.47. The van der Waals surface area contributed by atoms with Gasteiger partial charge in [0, 0.05) is 19.2 Å². The summed E-state index contributed by atoms with van der Waals surface area (Å²) in [6.07, 6.45) is 5.21. The Morgan fingerprint density at radius 2 is 1.94 bits per heavy atom. The summed E-state index contributed by atoms with van der Waals surface area (Å²) in [6.45, 7) is 2.79. The standard InChI is InChI=1S/C15H21NO/c1-2-15(11-17-9-1)16-10-12-3-5-13(6-4-12)14-7-8-14/h3-6,14-16H,1-2,7-11H2. The van der Waals surface area contributed by atoms with Crippen molar-refractivity contribution in [1.82, 2.24) is 5.32 Å². The molecule has 17 heavy (non-hydrogen) atoms. The van der Waals surface area contributed by atoms with Crippen LogP contribution in [0.1, 0.15) is 42.7 Å². The molecule has 3 rings (SSSR count). The molecule has 1 heterocycles. The molecule has 1 N–H and O–H groups in total. The lowest BCUT2D eigenvalue weighted by Crippen LogP contribution is -2.36. The lowest BCUT2D eigenvalue weighted by molar-refractivity contribution is 0.0699. The van der Waals surface area contributed by atoms with Crippen LogP contribution in [0, 0.1) is 0 Å². The van der Waals surface area contributed by atoms with E-state index >= 15 is 0 Å². The molecule has 2 aliphatic rings. The van der Waals surface area contributed by atoms with Crippen LogP contribution in [0.2, 0.25) is 0 Å². The van der Waals surface area contributed by atoms with Gasteiger partial charge in [0.05, 0.1) is 6.61 Å². The summed E-state index contributed by atoms with van der Waals surface area (Å²) in [5.74, 6) is 0.865. The summed E-state index contributed by atoms with van der Waals surface area (Å²) in [5, 5.41) is 3.58. The maximum atomic E-state index is 5.47. The Morgan fingerprint density at radius 1 is 1.12 bits per heavy atom. The second kappa shape index (κ2) is 5.19. The van der Waals surface area contributed by atoms with Crippen LogP contribution in [0.5, 0.6) is 0 Å². The molecule has 0 spiro atoms. The molecule has 0 aromatic heterocycles. The third kappa shape index (κ3) is 3.08. The van der Waals surface area contributed by atoms with E-state index in [9.17, 15) is 0 Å².